The molecule has 0 aliphatic carbocycles. The molecule has 1 radical (unpaired) electrons. The molecule has 71 valence electrons. The minimum Gasteiger partial charge on any atom is -0.264 e. The minimum absolute atomic E-state index is 0. The van der Waals surface area contributed by atoms with Crippen molar-refractivity contribution in [3.05, 3.63) is 42.9 Å². The van der Waals surface area contributed by atoms with Crippen molar-refractivity contribution in [2.24, 2.45) is 0 Å². The van der Waals surface area contributed by atoms with Gasteiger partial charge in [0.05, 0.1) is 5.65 Å². The third-order valence-electron chi connectivity index (χ3n) is 2.08. The number of benzene rings is 1. The molecule has 3 aromatic rings. The van der Waals surface area contributed by atoms with Gasteiger partial charge in [-0.1, -0.05) is 11.5 Å². The summed E-state index contributed by atoms with van der Waals surface area (Å²) < 4.78 is 1.75. The second-order valence-corrected chi connectivity index (χ2v) is 2.84. The van der Waals surface area contributed by atoms with Crippen LogP contribution < -0.4 is 0 Å². The van der Waals surface area contributed by atoms with Gasteiger partial charge in [0, 0.05) is 26.3 Å². The molecule has 0 saturated carbocycles. The largest absolute Gasteiger partial charge is 0.264 e. The third-order valence-corrected chi connectivity index (χ3v) is 2.08. The van der Waals surface area contributed by atoms with Crippen LogP contribution in [0.25, 0.3) is 16.4 Å². The Kier molecular flexibility index (Phi) is 2.31. The molecule has 3 nitrogen and oxygen atoms in total. The average molecular weight is 360 g/mol. The van der Waals surface area contributed by atoms with Gasteiger partial charge >= 0.3 is 0 Å². The summed E-state index contributed by atoms with van der Waals surface area (Å²) in [6, 6.07) is 11.1. The molecular formula is C10H6IrN3-. The van der Waals surface area contributed by atoms with Crippen LogP contribution in [0.15, 0.2) is 36.8 Å². The molecule has 0 amide bonds. The van der Waals surface area contributed by atoms with Crippen molar-refractivity contribution in [3.63, 3.8) is 0 Å². The Labute approximate surface area is 94.1 Å². The molecule has 3 rings (SSSR count). The molecular weight excluding hydrogens is 354 g/mol. The Morgan fingerprint density at radius 3 is 3.14 bits per heavy atom. The quantitative estimate of drug-likeness (QED) is 0.571. The first kappa shape index (κ1) is 9.31. The SMILES string of the molecule is [Ir].[c-]1cccc2ccn3ncnc3c12. The molecule has 2 aromatic heterocycles. The predicted octanol–water partition coefficient (Wildman–Crippen LogP) is 1.68. The summed E-state index contributed by atoms with van der Waals surface area (Å²) in [6.07, 6.45) is 3.45. The number of hydrogen-bond acceptors (Lipinski definition) is 2. The third kappa shape index (κ3) is 1.24. The summed E-state index contributed by atoms with van der Waals surface area (Å²) in [5.41, 5.74) is 0.859. The summed E-state index contributed by atoms with van der Waals surface area (Å²) in [6.45, 7) is 0. The average Bonchev–Trinajstić information content (AvgIpc) is 2.65. The topological polar surface area (TPSA) is 30.2 Å². The maximum Gasteiger partial charge on any atom is 0.127 e. The van der Waals surface area contributed by atoms with Gasteiger partial charge in [-0.3, -0.25) is 9.50 Å². The Hall–Kier alpha value is -1.25. The van der Waals surface area contributed by atoms with Crippen LogP contribution in [0, 0.1) is 6.07 Å². The summed E-state index contributed by atoms with van der Waals surface area (Å²) in [4.78, 5) is 4.17. The first-order valence-corrected chi connectivity index (χ1v) is 4.04. The molecule has 0 fully saturated rings. The number of hydrogen-bond donors (Lipinski definition) is 0. The van der Waals surface area contributed by atoms with Gasteiger partial charge in [-0.05, 0) is 0 Å². The molecule has 0 saturated heterocycles. The van der Waals surface area contributed by atoms with E-state index in [-0.39, 0.29) is 20.1 Å². The van der Waals surface area contributed by atoms with Gasteiger partial charge in [-0.25, -0.2) is 0 Å². The van der Waals surface area contributed by atoms with Crippen molar-refractivity contribution >= 4 is 16.4 Å². The first-order chi connectivity index (χ1) is 6.45. The van der Waals surface area contributed by atoms with Crippen LogP contribution in [0.2, 0.25) is 0 Å². The summed E-state index contributed by atoms with van der Waals surface area (Å²) >= 11 is 0. The summed E-state index contributed by atoms with van der Waals surface area (Å²) in [5.74, 6) is 0. The van der Waals surface area contributed by atoms with Crippen molar-refractivity contribution in [1.29, 1.82) is 0 Å². The van der Waals surface area contributed by atoms with Crippen molar-refractivity contribution in [2.75, 3.05) is 0 Å². The molecule has 0 unspecified atom stereocenters. The van der Waals surface area contributed by atoms with Gasteiger partial charge in [0.25, 0.3) is 0 Å². The van der Waals surface area contributed by atoms with E-state index in [1.54, 1.807) is 10.8 Å². The van der Waals surface area contributed by atoms with Crippen LogP contribution in [0.1, 0.15) is 0 Å². The Morgan fingerprint density at radius 1 is 1.29 bits per heavy atom. The predicted molar refractivity (Wildman–Crippen MR) is 49.3 cm³/mol. The smallest absolute Gasteiger partial charge is 0.127 e. The van der Waals surface area contributed by atoms with Gasteiger partial charge in [0.1, 0.15) is 6.33 Å². The van der Waals surface area contributed by atoms with E-state index in [0.717, 1.165) is 16.4 Å². The minimum atomic E-state index is 0. The molecule has 1 aromatic carbocycles. The van der Waals surface area contributed by atoms with Crippen molar-refractivity contribution in [2.45, 2.75) is 0 Å². The molecule has 0 spiro atoms. The molecule has 2 heterocycles. The number of fused-ring (bicyclic) bond motifs is 3. The normalized spacial score (nSPS) is 10.3. The zero-order valence-corrected chi connectivity index (χ0v) is 9.53. The monoisotopic (exact) mass is 361 g/mol. The zero-order valence-electron chi connectivity index (χ0n) is 7.14. The Balaban J connectivity index is 0.000000750. The molecule has 0 atom stereocenters. The van der Waals surface area contributed by atoms with E-state index in [0.29, 0.717) is 0 Å². The second kappa shape index (κ2) is 3.48. The van der Waals surface area contributed by atoms with E-state index < -0.39 is 0 Å². The standard InChI is InChI=1S/C10H6N3.Ir/c1-2-4-9-8(3-1)5-6-13-10(9)11-7-12-13;/h1-3,5-7H;/q-1;. The zero-order chi connectivity index (χ0) is 8.67. The van der Waals surface area contributed by atoms with Crippen molar-refractivity contribution in [1.82, 2.24) is 14.6 Å². The molecule has 0 N–H and O–H groups in total. The van der Waals surface area contributed by atoms with E-state index in [1.165, 1.54) is 0 Å². The maximum absolute atomic E-state index is 4.17. The molecule has 0 aliphatic rings. The molecule has 4 heteroatoms. The van der Waals surface area contributed by atoms with Crippen LogP contribution in [0.5, 0.6) is 0 Å². The number of nitrogens with zero attached hydrogens (tertiary/aromatic N) is 3. The number of aromatic nitrogens is 3. The Bertz CT molecular complexity index is 573. The van der Waals surface area contributed by atoms with Crippen LogP contribution >= 0.6 is 0 Å². The molecule has 0 aliphatic heterocycles. The van der Waals surface area contributed by atoms with Crippen LogP contribution in [-0.2, 0) is 20.1 Å². The summed E-state index contributed by atoms with van der Waals surface area (Å²) in [5, 5.41) is 6.21. The van der Waals surface area contributed by atoms with E-state index in [9.17, 15) is 0 Å². The summed E-state index contributed by atoms with van der Waals surface area (Å²) in [7, 11) is 0. The molecule has 14 heavy (non-hydrogen) atoms. The second-order valence-electron chi connectivity index (χ2n) is 2.84. The maximum atomic E-state index is 4.17. The van der Waals surface area contributed by atoms with E-state index in [4.69, 9.17) is 0 Å². The van der Waals surface area contributed by atoms with E-state index in [2.05, 4.69) is 16.1 Å². The fourth-order valence-corrected chi connectivity index (χ4v) is 1.47. The first-order valence-electron chi connectivity index (χ1n) is 4.04. The fraction of sp³-hybridized carbons (Fsp3) is 0. The van der Waals surface area contributed by atoms with Crippen molar-refractivity contribution in [3.8, 4) is 0 Å². The Morgan fingerprint density at radius 2 is 2.21 bits per heavy atom. The van der Waals surface area contributed by atoms with Gasteiger partial charge < -0.3 is 0 Å². The van der Waals surface area contributed by atoms with Crippen LogP contribution in [-0.4, -0.2) is 14.6 Å². The van der Waals surface area contributed by atoms with E-state index >= 15 is 0 Å². The number of rotatable bonds is 0. The van der Waals surface area contributed by atoms with Gasteiger partial charge in [-0.2, -0.15) is 5.10 Å². The van der Waals surface area contributed by atoms with Crippen molar-refractivity contribution < 1.29 is 20.1 Å². The van der Waals surface area contributed by atoms with Gasteiger partial charge in [-0.15, -0.1) is 29.7 Å². The fourth-order valence-electron chi connectivity index (χ4n) is 1.47. The van der Waals surface area contributed by atoms with Gasteiger partial charge in [0.2, 0.25) is 0 Å². The molecule has 0 bridgehead atoms. The van der Waals surface area contributed by atoms with Crippen LogP contribution in [0.3, 0.4) is 0 Å². The number of pyridine rings is 1. The van der Waals surface area contributed by atoms with E-state index in [1.807, 2.05) is 30.5 Å². The van der Waals surface area contributed by atoms with Gasteiger partial charge in [0.15, 0.2) is 0 Å². The van der Waals surface area contributed by atoms with Crippen LogP contribution in [0.4, 0.5) is 0 Å².